The lowest BCUT2D eigenvalue weighted by molar-refractivity contribution is 0.000845. The summed E-state index contributed by atoms with van der Waals surface area (Å²) in [6.45, 7) is 4.52. The fraction of sp³-hybridized carbons (Fsp3) is 0.333. The molecule has 31 heavy (non-hydrogen) atoms. The van der Waals surface area contributed by atoms with Gasteiger partial charge in [-0.05, 0) is 36.8 Å². The van der Waals surface area contributed by atoms with Crippen LogP contribution in [0.3, 0.4) is 0 Å². The molecular formula is C24H28N6O. The molecule has 160 valence electrons. The number of hydrogen-bond donors (Lipinski definition) is 2. The molecule has 7 heteroatoms. The van der Waals surface area contributed by atoms with Gasteiger partial charge in [0.05, 0.1) is 36.1 Å². The third kappa shape index (κ3) is 3.35. The predicted molar refractivity (Wildman–Crippen MR) is 127 cm³/mol. The van der Waals surface area contributed by atoms with Crippen molar-refractivity contribution in [2.45, 2.75) is 19.0 Å². The summed E-state index contributed by atoms with van der Waals surface area (Å²) >= 11 is 0. The molecule has 3 aromatic rings. The molecule has 2 N–H and O–H groups in total. The topological polar surface area (TPSA) is 69.4 Å². The van der Waals surface area contributed by atoms with E-state index in [9.17, 15) is 0 Å². The Morgan fingerprint density at radius 1 is 1.16 bits per heavy atom. The first kappa shape index (κ1) is 19.6. The molecule has 0 radical (unpaired) electrons. The van der Waals surface area contributed by atoms with Crippen molar-refractivity contribution in [1.29, 1.82) is 5.41 Å². The highest BCUT2D eigenvalue weighted by molar-refractivity contribution is 6.09. The summed E-state index contributed by atoms with van der Waals surface area (Å²) in [4.78, 5) is 4.64. The Morgan fingerprint density at radius 2 is 1.97 bits per heavy atom. The van der Waals surface area contributed by atoms with Crippen LogP contribution in [0.2, 0.25) is 0 Å². The van der Waals surface area contributed by atoms with Crippen molar-refractivity contribution >= 4 is 39.9 Å². The fourth-order valence-corrected chi connectivity index (χ4v) is 4.28. The molecule has 1 atom stereocenters. The van der Waals surface area contributed by atoms with Crippen LogP contribution in [-0.4, -0.2) is 54.9 Å². The third-order valence-electron chi connectivity index (χ3n) is 6.35. The smallest absolute Gasteiger partial charge is 0.163 e. The van der Waals surface area contributed by atoms with Crippen molar-refractivity contribution in [3.63, 3.8) is 0 Å². The Morgan fingerprint density at radius 3 is 2.71 bits per heavy atom. The average molecular weight is 417 g/mol. The highest BCUT2D eigenvalue weighted by Crippen LogP contribution is 2.42. The fourth-order valence-electron chi connectivity index (χ4n) is 4.28. The molecule has 0 bridgehead atoms. The third-order valence-corrected chi connectivity index (χ3v) is 6.35. The summed E-state index contributed by atoms with van der Waals surface area (Å²) in [5.74, 6) is 0.974. The van der Waals surface area contributed by atoms with Crippen LogP contribution >= 0.6 is 0 Å². The quantitative estimate of drug-likeness (QED) is 0.623. The summed E-state index contributed by atoms with van der Waals surface area (Å²) in [5, 5.41) is 17.3. The number of para-hydroxylation sites is 1. The normalized spacial score (nSPS) is 19.3. The maximum atomic E-state index is 7.95. The highest BCUT2D eigenvalue weighted by Gasteiger charge is 2.29. The van der Waals surface area contributed by atoms with Crippen molar-refractivity contribution < 1.29 is 4.74 Å². The van der Waals surface area contributed by atoms with Crippen LogP contribution in [0.1, 0.15) is 12.5 Å². The lowest BCUT2D eigenvalue weighted by Gasteiger charge is -2.41. The number of aryl methyl sites for hydroxylation is 1. The largest absolute Gasteiger partial charge is 0.383 e. The molecule has 1 aromatic heterocycles. The second-order valence-corrected chi connectivity index (χ2v) is 8.38. The SMILES string of the molecule is CC1CN(c2nn(C)c3ccccc23)c2cc(/C(C=N)=C/NC3COC3)ccc2N1C. The Hall–Kier alpha value is -3.32. The number of fused-ring (bicyclic) bond motifs is 2. The van der Waals surface area contributed by atoms with E-state index in [0.29, 0.717) is 12.1 Å². The zero-order chi connectivity index (χ0) is 21.5. The molecule has 2 aliphatic rings. The van der Waals surface area contributed by atoms with E-state index in [1.54, 1.807) is 0 Å². The van der Waals surface area contributed by atoms with Gasteiger partial charge in [-0.3, -0.25) is 4.68 Å². The van der Waals surface area contributed by atoms with Gasteiger partial charge in [0, 0.05) is 50.1 Å². The van der Waals surface area contributed by atoms with Gasteiger partial charge in [-0.15, -0.1) is 0 Å². The lowest BCUT2D eigenvalue weighted by atomic mass is 10.0. The van der Waals surface area contributed by atoms with E-state index in [2.05, 4.69) is 65.5 Å². The minimum atomic E-state index is 0.330. The van der Waals surface area contributed by atoms with Gasteiger partial charge in [0.25, 0.3) is 0 Å². The molecule has 0 saturated carbocycles. The molecule has 5 rings (SSSR count). The highest BCUT2D eigenvalue weighted by atomic mass is 16.5. The summed E-state index contributed by atoms with van der Waals surface area (Å²) in [7, 11) is 4.14. The number of nitrogens with one attached hydrogen (secondary N) is 2. The summed E-state index contributed by atoms with van der Waals surface area (Å²) in [5.41, 5.74) is 5.26. The zero-order valence-electron chi connectivity index (χ0n) is 18.2. The molecule has 3 heterocycles. The van der Waals surface area contributed by atoms with E-state index in [1.165, 1.54) is 11.9 Å². The van der Waals surface area contributed by atoms with Crippen molar-refractivity contribution in [3.05, 3.63) is 54.2 Å². The Labute approximate surface area is 182 Å². The average Bonchev–Trinajstić information content (AvgIpc) is 3.09. The van der Waals surface area contributed by atoms with Crippen LogP contribution in [0.5, 0.6) is 0 Å². The number of rotatable bonds is 5. The van der Waals surface area contributed by atoms with E-state index in [0.717, 1.165) is 53.3 Å². The van der Waals surface area contributed by atoms with Crippen LogP contribution < -0.4 is 15.1 Å². The van der Waals surface area contributed by atoms with E-state index < -0.39 is 0 Å². The zero-order valence-corrected chi connectivity index (χ0v) is 18.2. The van der Waals surface area contributed by atoms with E-state index in [1.807, 2.05) is 24.0 Å². The second kappa shape index (κ2) is 7.74. The standard InChI is InChI=1S/C24H28N6O/c1-16-13-30(24-20-6-4-5-7-21(20)29(3)27-24)23-10-17(8-9-22(23)28(16)2)18(11-25)12-26-19-14-31-15-19/h4-12,16,19,25-26H,13-15H2,1-3H3/b18-12+,25-11?. The number of likely N-dealkylation sites (N-methyl/N-ethyl adjacent to an activating group) is 1. The summed E-state index contributed by atoms with van der Waals surface area (Å²) in [6.07, 6.45) is 3.33. The molecule has 0 spiro atoms. The van der Waals surface area contributed by atoms with Crippen LogP contribution in [0.25, 0.3) is 16.5 Å². The molecule has 1 fully saturated rings. The van der Waals surface area contributed by atoms with E-state index in [4.69, 9.17) is 15.2 Å². The van der Waals surface area contributed by atoms with Crippen LogP contribution in [0.4, 0.5) is 17.2 Å². The first-order valence-corrected chi connectivity index (χ1v) is 10.7. The lowest BCUT2D eigenvalue weighted by Crippen LogP contribution is -2.44. The molecule has 1 unspecified atom stereocenters. The summed E-state index contributed by atoms with van der Waals surface area (Å²) < 4.78 is 7.18. The number of ether oxygens (including phenoxy) is 1. The van der Waals surface area contributed by atoms with E-state index in [-0.39, 0.29) is 0 Å². The van der Waals surface area contributed by atoms with Gasteiger partial charge in [0.15, 0.2) is 5.82 Å². The minimum Gasteiger partial charge on any atom is -0.383 e. The second-order valence-electron chi connectivity index (χ2n) is 8.38. The first-order chi connectivity index (χ1) is 15.1. The van der Waals surface area contributed by atoms with Gasteiger partial charge >= 0.3 is 0 Å². The van der Waals surface area contributed by atoms with Crippen LogP contribution in [0.15, 0.2) is 48.7 Å². The molecule has 7 nitrogen and oxygen atoms in total. The summed E-state index contributed by atoms with van der Waals surface area (Å²) in [6, 6.07) is 15.5. The van der Waals surface area contributed by atoms with Gasteiger partial charge in [-0.25, -0.2) is 0 Å². The number of aromatic nitrogens is 2. The van der Waals surface area contributed by atoms with Crippen molar-refractivity contribution in [2.75, 3.05) is 36.6 Å². The Kier molecular flexibility index (Phi) is 4.90. The van der Waals surface area contributed by atoms with E-state index >= 15 is 0 Å². The van der Waals surface area contributed by atoms with Crippen molar-refractivity contribution in [3.8, 4) is 0 Å². The predicted octanol–water partition coefficient (Wildman–Crippen LogP) is 3.53. The van der Waals surface area contributed by atoms with Gasteiger partial charge in [0.1, 0.15) is 0 Å². The van der Waals surface area contributed by atoms with Gasteiger partial charge in [-0.1, -0.05) is 18.2 Å². The monoisotopic (exact) mass is 416 g/mol. The van der Waals surface area contributed by atoms with Gasteiger partial charge in [-0.2, -0.15) is 5.10 Å². The minimum absolute atomic E-state index is 0.330. The molecule has 2 aliphatic heterocycles. The molecule has 0 aliphatic carbocycles. The number of benzene rings is 2. The number of allylic oxidation sites excluding steroid dienone is 1. The van der Waals surface area contributed by atoms with Crippen LogP contribution in [-0.2, 0) is 11.8 Å². The number of hydrogen-bond acceptors (Lipinski definition) is 6. The van der Waals surface area contributed by atoms with Gasteiger partial charge < -0.3 is 25.3 Å². The van der Waals surface area contributed by atoms with Crippen molar-refractivity contribution in [1.82, 2.24) is 15.1 Å². The molecule has 0 amide bonds. The number of anilines is 3. The molecule has 2 aromatic carbocycles. The molecular weight excluding hydrogens is 388 g/mol. The van der Waals surface area contributed by atoms with Gasteiger partial charge in [0.2, 0.25) is 0 Å². The molecule has 1 saturated heterocycles. The maximum absolute atomic E-state index is 7.95. The first-order valence-electron chi connectivity index (χ1n) is 10.7. The Balaban J connectivity index is 1.60. The maximum Gasteiger partial charge on any atom is 0.163 e. The Bertz CT molecular complexity index is 1160. The van der Waals surface area contributed by atoms with Crippen LogP contribution in [0, 0.1) is 5.41 Å². The van der Waals surface area contributed by atoms with Crippen molar-refractivity contribution in [2.24, 2.45) is 7.05 Å². The number of nitrogens with zero attached hydrogens (tertiary/aromatic N) is 4.